The van der Waals surface area contributed by atoms with Gasteiger partial charge in [-0.15, -0.1) is 12.3 Å². The summed E-state index contributed by atoms with van der Waals surface area (Å²) in [7, 11) is -0.586. The highest BCUT2D eigenvalue weighted by Gasteiger charge is 2.27. The van der Waals surface area contributed by atoms with Gasteiger partial charge < -0.3 is 4.90 Å². The van der Waals surface area contributed by atoms with E-state index in [-0.39, 0.29) is 11.4 Å². The van der Waals surface area contributed by atoms with Crippen LogP contribution in [0, 0.1) is 18.6 Å². The third kappa shape index (κ3) is 8.55. The van der Waals surface area contributed by atoms with Crippen molar-refractivity contribution in [3.63, 3.8) is 0 Å². The summed E-state index contributed by atoms with van der Waals surface area (Å²) in [5.74, 6) is 3.89. The molecule has 2 aromatic rings. The lowest BCUT2D eigenvalue weighted by Crippen LogP contribution is -2.46. The molecule has 1 radical (unpaired) electrons. The maximum Gasteiger partial charge on any atom is 0.254 e. The molecule has 32 heavy (non-hydrogen) atoms. The van der Waals surface area contributed by atoms with Crippen molar-refractivity contribution >= 4 is 26.7 Å². The minimum absolute atomic E-state index is 0.0366. The van der Waals surface area contributed by atoms with Gasteiger partial charge in [-0.05, 0) is 60.6 Å². The molecule has 0 aliphatic rings. The molecule has 0 heterocycles. The number of nitrogens with zero attached hydrogens (tertiary/aromatic N) is 1. The van der Waals surface area contributed by atoms with Crippen molar-refractivity contribution in [1.29, 1.82) is 0 Å². The fourth-order valence-electron chi connectivity index (χ4n) is 2.91. The van der Waals surface area contributed by atoms with E-state index in [1.807, 2.05) is 82.0 Å². The van der Waals surface area contributed by atoms with Crippen LogP contribution in [0.3, 0.4) is 0 Å². The van der Waals surface area contributed by atoms with Gasteiger partial charge in [-0.2, -0.15) is 0 Å². The Kier molecular flexibility index (Phi) is 12.2. The minimum Gasteiger partial charge on any atom is -0.333 e. The fourth-order valence-corrected chi connectivity index (χ4v) is 3.77. The largest absolute Gasteiger partial charge is 0.333 e. The molecule has 3 heteroatoms. The Bertz CT molecular complexity index is 873. The van der Waals surface area contributed by atoms with Crippen LogP contribution in [0.25, 0.3) is 10.8 Å². The summed E-state index contributed by atoms with van der Waals surface area (Å²) < 4.78 is 0.418. The first-order chi connectivity index (χ1) is 14.8. The van der Waals surface area contributed by atoms with Gasteiger partial charge >= 0.3 is 0 Å². The van der Waals surface area contributed by atoms with Crippen LogP contribution in [-0.4, -0.2) is 39.6 Å². The number of carbonyl (C=O) groups is 1. The van der Waals surface area contributed by atoms with Gasteiger partial charge in [0, 0.05) is 24.1 Å². The Morgan fingerprint density at radius 1 is 1.03 bits per heavy atom. The number of fused-ring (bicyclic) bond motifs is 1. The number of benzene rings is 2. The third-order valence-corrected chi connectivity index (χ3v) is 9.90. The van der Waals surface area contributed by atoms with Crippen molar-refractivity contribution in [2.45, 2.75) is 79.0 Å². The lowest BCUT2D eigenvalue weighted by Gasteiger charge is -2.43. The second kappa shape index (κ2) is 12.9. The molecule has 2 nitrogen and oxygen atoms in total. The third-order valence-electron chi connectivity index (χ3n) is 5.67. The molecule has 0 fully saturated rings. The molecule has 0 saturated carbocycles. The SMILES string of the molecule is C#CCCN(C(=O)c1cccc2ccccc12)C(C)(C)C.CC.[CH2]S(C)(CC)C(C)(C)C. The standard InChI is InChI=1S/C19H21NO.C8H19S.C2H6/c1-5-6-14-20(19(2,3)4)18(21)17-13-9-11-15-10-7-8-12-16(15)17;1-7-9(5,6)8(2,3)4;1-2/h1,7-13H,6,14H2,2-4H3;5,7H2,1-4,6H3;1-2H3. The average molecular weight is 457 g/mol. The van der Waals surface area contributed by atoms with Crippen molar-refractivity contribution in [3.05, 3.63) is 54.3 Å². The Morgan fingerprint density at radius 3 is 2.00 bits per heavy atom. The van der Waals surface area contributed by atoms with Crippen molar-refractivity contribution in [2.75, 3.05) is 18.6 Å². The first-order valence-corrected chi connectivity index (χ1v) is 14.0. The molecule has 2 rings (SSSR count). The van der Waals surface area contributed by atoms with Crippen molar-refractivity contribution in [2.24, 2.45) is 0 Å². The molecule has 0 spiro atoms. The van der Waals surface area contributed by atoms with E-state index >= 15 is 0 Å². The predicted molar refractivity (Wildman–Crippen MR) is 149 cm³/mol. The van der Waals surface area contributed by atoms with E-state index < -0.39 is 10.0 Å². The summed E-state index contributed by atoms with van der Waals surface area (Å²) in [6, 6.07) is 13.8. The summed E-state index contributed by atoms with van der Waals surface area (Å²) in [6.45, 7) is 19.7. The minimum atomic E-state index is -0.586. The molecular formula is C29H46NOS. The van der Waals surface area contributed by atoms with E-state index in [4.69, 9.17) is 6.42 Å². The van der Waals surface area contributed by atoms with E-state index in [1.165, 1.54) is 5.75 Å². The highest BCUT2D eigenvalue weighted by Crippen LogP contribution is 2.53. The molecule has 0 bridgehead atoms. The van der Waals surface area contributed by atoms with Gasteiger partial charge in [0.05, 0.1) is 0 Å². The maximum absolute atomic E-state index is 13.0. The van der Waals surface area contributed by atoms with Crippen LogP contribution < -0.4 is 0 Å². The second-order valence-corrected chi connectivity index (χ2v) is 14.1. The van der Waals surface area contributed by atoms with Gasteiger partial charge in [0.1, 0.15) is 0 Å². The Hall–Kier alpha value is -1.92. The summed E-state index contributed by atoms with van der Waals surface area (Å²) in [5, 5.41) is 2.06. The molecule has 179 valence electrons. The molecule has 1 amide bonds. The van der Waals surface area contributed by atoms with E-state index in [0.29, 0.717) is 17.7 Å². The Balaban J connectivity index is 0.000000738. The van der Waals surface area contributed by atoms with Gasteiger partial charge in [-0.25, -0.2) is 10.0 Å². The van der Waals surface area contributed by atoms with E-state index in [1.54, 1.807) is 0 Å². The fraction of sp³-hybridized carbons (Fsp3) is 0.517. The summed E-state index contributed by atoms with van der Waals surface area (Å²) in [6.07, 6.45) is 12.5. The first-order valence-electron chi connectivity index (χ1n) is 11.6. The van der Waals surface area contributed by atoms with Gasteiger partial charge in [-0.3, -0.25) is 4.79 Å². The smallest absolute Gasteiger partial charge is 0.254 e. The average Bonchev–Trinajstić information content (AvgIpc) is 2.73. The van der Waals surface area contributed by atoms with Crippen LogP contribution in [0.15, 0.2) is 42.5 Å². The zero-order chi connectivity index (χ0) is 25.2. The van der Waals surface area contributed by atoms with Gasteiger partial charge in [0.15, 0.2) is 0 Å². The molecule has 2 aromatic carbocycles. The van der Waals surface area contributed by atoms with Crippen LogP contribution in [0.1, 0.15) is 79.1 Å². The van der Waals surface area contributed by atoms with E-state index in [2.05, 4.69) is 46.1 Å². The van der Waals surface area contributed by atoms with Crippen molar-refractivity contribution < 1.29 is 4.79 Å². The molecule has 0 N–H and O–H groups in total. The lowest BCUT2D eigenvalue weighted by molar-refractivity contribution is 0.0591. The second-order valence-electron chi connectivity index (χ2n) is 9.78. The topological polar surface area (TPSA) is 20.3 Å². The summed E-state index contributed by atoms with van der Waals surface area (Å²) >= 11 is 0. The Labute approximate surface area is 200 Å². The highest BCUT2D eigenvalue weighted by molar-refractivity contribution is 8.35. The molecular weight excluding hydrogens is 410 g/mol. The number of rotatable bonds is 4. The molecule has 0 saturated heterocycles. The van der Waals surface area contributed by atoms with Gasteiger partial charge in [0.2, 0.25) is 0 Å². The number of terminal acetylenes is 1. The number of amides is 1. The normalized spacial score (nSPS) is 11.9. The quantitative estimate of drug-likeness (QED) is 0.425. The maximum atomic E-state index is 13.0. The van der Waals surface area contributed by atoms with Crippen LogP contribution in [0.4, 0.5) is 0 Å². The zero-order valence-electron chi connectivity index (χ0n) is 22.2. The molecule has 0 aliphatic heterocycles. The summed E-state index contributed by atoms with van der Waals surface area (Å²) in [5.41, 5.74) is 0.477. The van der Waals surface area contributed by atoms with Crippen LogP contribution in [0.5, 0.6) is 0 Å². The van der Waals surface area contributed by atoms with Crippen LogP contribution >= 0.6 is 10.0 Å². The number of hydrogen-bond donors (Lipinski definition) is 0. The molecule has 0 aliphatic carbocycles. The monoisotopic (exact) mass is 456 g/mol. The van der Waals surface area contributed by atoms with E-state index in [9.17, 15) is 4.79 Å². The lowest BCUT2D eigenvalue weighted by atomic mass is 9.99. The number of hydrogen-bond acceptors (Lipinski definition) is 1. The molecule has 1 atom stereocenters. The predicted octanol–water partition coefficient (Wildman–Crippen LogP) is 8.16. The first kappa shape index (κ1) is 30.1. The zero-order valence-corrected chi connectivity index (χ0v) is 23.0. The van der Waals surface area contributed by atoms with Crippen LogP contribution in [-0.2, 0) is 0 Å². The highest BCUT2D eigenvalue weighted by atomic mass is 32.3. The summed E-state index contributed by atoms with van der Waals surface area (Å²) in [4.78, 5) is 14.8. The number of carbonyl (C=O) groups excluding carboxylic acids is 1. The Morgan fingerprint density at radius 2 is 1.56 bits per heavy atom. The van der Waals surface area contributed by atoms with E-state index in [0.717, 1.165) is 16.3 Å². The van der Waals surface area contributed by atoms with Gasteiger partial charge in [0.25, 0.3) is 5.91 Å². The molecule has 0 aromatic heterocycles. The van der Waals surface area contributed by atoms with Gasteiger partial charge in [-0.1, -0.05) is 77.9 Å². The van der Waals surface area contributed by atoms with Crippen molar-refractivity contribution in [1.82, 2.24) is 4.90 Å². The molecule has 1 unspecified atom stereocenters. The van der Waals surface area contributed by atoms with Crippen LogP contribution in [0.2, 0.25) is 0 Å². The van der Waals surface area contributed by atoms with Crippen molar-refractivity contribution in [3.8, 4) is 12.3 Å².